The first-order valence-electron chi connectivity index (χ1n) is 7.55. The average molecular weight is 319 g/mol. The molecule has 124 valence electrons. The van der Waals surface area contributed by atoms with Crippen LogP contribution in [0.4, 0.5) is 10.5 Å². The van der Waals surface area contributed by atoms with Crippen LogP contribution in [0.15, 0.2) is 17.1 Å². The first kappa shape index (κ1) is 15.5. The minimum Gasteiger partial charge on any atom is -0.496 e. The van der Waals surface area contributed by atoms with Gasteiger partial charge in [0, 0.05) is 17.7 Å². The molecular formula is C16H21N3O4. The lowest BCUT2D eigenvalue weighted by Crippen LogP contribution is -2.42. The second kappa shape index (κ2) is 5.64. The van der Waals surface area contributed by atoms with Crippen molar-refractivity contribution in [1.82, 2.24) is 0 Å². The Kier molecular flexibility index (Phi) is 3.79. The number of nitrogens with one attached hydrogen (secondary N) is 1. The number of ether oxygens (including phenoxy) is 3. The molecule has 0 radical (unpaired) electrons. The molecule has 0 aromatic heterocycles. The summed E-state index contributed by atoms with van der Waals surface area (Å²) >= 11 is 0. The maximum Gasteiger partial charge on any atom is 0.411 e. The van der Waals surface area contributed by atoms with Crippen LogP contribution in [0.1, 0.15) is 24.5 Å². The van der Waals surface area contributed by atoms with E-state index < -0.39 is 6.09 Å². The van der Waals surface area contributed by atoms with E-state index in [9.17, 15) is 4.79 Å². The number of hydrogen-bond donors (Lipinski definition) is 2. The van der Waals surface area contributed by atoms with Crippen molar-refractivity contribution in [3.05, 3.63) is 23.3 Å². The fraction of sp³-hybridized carbons (Fsp3) is 0.500. The van der Waals surface area contributed by atoms with Gasteiger partial charge in [0.2, 0.25) is 0 Å². The van der Waals surface area contributed by atoms with Gasteiger partial charge in [0.25, 0.3) is 6.02 Å². The molecule has 0 saturated carbocycles. The van der Waals surface area contributed by atoms with Gasteiger partial charge in [-0.2, -0.15) is 0 Å². The number of carbonyl (C=O) groups excluding carboxylic acids is 1. The van der Waals surface area contributed by atoms with Crippen LogP contribution in [0.3, 0.4) is 0 Å². The molecule has 3 N–H and O–H groups in total. The number of rotatable bonds is 2. The second-order valence-corrected chi connectivity index (χ2v) is 5.88. The number of aliphatic imine (C=N–C) groups is 1. The lowest BCUT2D eigenvalue weighted by Gasteiger charge is -2.35. The maximum atomic E-state index is 11.5. The molecule has 1 aromatic carbocycles. The topological polar surface area (TPSA) is 95.2 Å². The molecule has 1 amide bonds. The number of amides is 1. The summed E-state index contributed by atoms with van der Waals surface area (Å²) < 4.78 is 15.7. The number of carbonyl (C=O) groups is 1. The molecule has 2 unspecified atom stereocenters. The molecule has 3 rings (SSSR count). The molecule has 0 fully saturated rings. The summed E-state index contributed by atoms with van der Waals surface area (Å²) in [5.74, 6) is 0.780. The zero-order chi connectivity index (χ0) is 16.6. The second-order valence-electron chi connectivity index (χ2n) is 5.88. The minimum atomic E-state index is -0.488. The number of anilines is 1. The Hall–Kier alpha value is -2.44. The fourth-order valence-electron chi connectivity index (χ4n) is 3.43. The molecule has 1 spiro atoms. The summed E-state index contributed by atoms with van der Waals surface area (Å²) in [6, 6.07) is 3.92. The highest BCUT2D eigenvalue weighted by molar-refractivity contribution is 5.86. The first-order chi connectivity index (χ1) is 11.0. The van der Waals surface area contributed by atoms with E-state index in [1.165, 1.54) is 7.11 Å². The summed E-state index contributed by atoms with van der Waals surface area (Å²) in [6.45, 7) is 1.98. The van der Waals surface area contributed by atoms with Crippen molar-refractivity contribution in [2.75, 3.05) is 19.5 Å². The van der Waals surface area contributed by atoms with Gasteiger partial charge < -0.3 is 19.9 Å². The highest BCUT2D eigenvalue weighted by Crippen LogP contribution is 2.43. The minimum absolute atomic E-state index is 0.0856. The van der Waals surface area contributed by atoms with Gasteiger partial charge in [-0.05, 0) is 37.5 Å². The van der Waals surface area contributed by atoms with Crippen molar-refractivity contribution >= 4 is 17.8 Å². The molecule has 0 saturated heterocycles. The average Bonchev–Trinajstić information content (AvgIpc) is 2.80. The number of benzene rings is 1. The van der Waals surface area contributed by atoms with Crippen LogP contribution >= 0.6 is 0 Å². The number of amidine groups is 1. The number of hydrogen-bond acceptors (Lipinski definition) is 6. The van der Waals surface area contributed by atoms with Crippen LogP contribution in [0.2, 0.25) is 0 Å². The fourth-order valence-corrected chi connectivity index (χ4v) is 3.43. The van der Waals surface area contributed by atoms with Crippen LogP contribution in [0.5, 0.6) is 5.75 Å². The van der Waals surface area contributed by atoms with E-state index in [2.05, 4.69) is 15.0 Å². The molecule has 7 heteroatoms. The quantitative estimate of drug-likeness (QED) is 0.867. The molecule has 0 bridgehead atoms. The Morgan fingerprint density at radius 1 is 1.43 bits per heavy atom. The predicted molar refractivity (Wildman–Crippen MR) is 85.9 cm³/mol. The van der Waals surface area contributed by atoms with Gasteiger partial charge in [0.1, 0.15) is 17.4 Å². The normalized spacial score (nSPS) is 25.3. The molecule has 1 aliphatic heterocycles. The predicted octanol–water partition coefficient (Wildman–Crippen LogP) is 1.83. The summed E-state index contributed by atoms with van der Waals surface area (Å²) in [6.07, 6.45) is 1.63. The summed E-state index contributed by atoms with van der Waals surface area (Å²) in [5.41, 5.74) is 8.21. The van der Waals surface area contributed by atoms with Gasteiger partial charge in [-0.15, -0.1) is 0 Å². The van der Waals surface area contributed by atoms with E-state index in [1.54, 1.807) is 7.11 Å². The summed E-state index contributed by atoms with van der Waals surface area (Å²) in [4.78, 5) is 16.1. The molecule has 1 aromatic rings. The molecule has 2 atom stereocenters. The summed E-state index contributed by atoms with van der Waals surface area (Å²) in [5, 5.41) is 2.76. The molecule has 7 nitrogen and oxygen atoms in total. The van der Waals surface area contributed by atoms with Crippen molar-refractivity contribution in [2.45, 2.75) is 37.8 Å². The molecular weight excluding hydrogens is 298 g/mol. The van der Waals surface area contributed by atoms with Crippen LogP contribution in [-0.2, 0) is 22.3 Å². The van der Waals surface area contributed by atoms with E-state index in [-0.39, 0.29) is 17.7 Å². The van der Waals surface area contributed by atoms with E-state index in [0.29, 0.717) is 6.42 Å². The largest absolute Gasteiger partial charge is 0.496 e. The van der Waals surface area contributed by atoms with Crippen molar-refractivity contribution in [3.8, 4) is 5.75 Å². The Balaban J connectivity index is 2.01. The third kappa shape index (κ3) is 2.56. The van der Waals surface area contributed by atoms with E-state index in [1.807, 2.05) is 19.1 Å². The van der Waals surface area contributed by atoms with Crippen molar-refractivity contribution in [3.63, 3.8) is 0 Å². The van der Waals surface area contributed by atoms with Crippen molar-refractivity contribution < 1.29 is 19.0 Å². The molecule has 1 aliphatic carbocycles. The van der Waals surface area contributed by atoms with Gasteiger partial charge in [-0.3, -0.25) is 5.32 Å². The van der Waals surface area contributed by atoms with Gasteiger partial charge in [-0.25, -0.2) is 9.79 Å². The first-order valence-corrected chi connectivity index (χ1v) is 7.55. The number of fused-ring (bicyclic) bond motifs is 1. The van der Waals surface area contributed by atoms with Gasteiger partial charge >= 0.3 is 6.09 Å². The molecule has 1 heterocycles. The lowest BCUT2D eigenvalue weighted by atomic mass is 9.75. The third-order valence-corrected chi connectivity index (χ3v) is 4.71. The Morgan fingerprint density at radius 2 is 2.22 bits per heavy atom. The van der Waals surface area contributed by atoms with Crippen molar-refractivity contribution in [2.24, 2.45) is 10.7 Å². The van der Waals surface area contributed by atoms with Crippen LogP contribution < -0.4 is 15.8 Å². The standard InChI is InChI=1S/C16H21N3O4/c1-9-16(19-14(17)23-9)7-6-10-11(8-16)13(21-2)5-4-12(10)18-15(20)22-3/h4-5,9H,6-8H2,1-3H3,(H2,17,19)(H,18,20). The smallest absolute Gasteiger partial charge is 0.411 e. The van der Waals surface area contributed by atoms with Gasteiger partial charge in [-0.1, -0.05) is 0 Å². The summed E-state index contributed by atoms with van der Waals surface area (Å²) in [7, 11) is 2.98. The Bertz CT molecular complexity index is 674. The van der Waals surface area contributed by atoms with Crippen LogP contribution in [0.25, 0.3) is 0 Å². The highest BCUT2D eigenvalue weighted by atomic mass is 16.5. The molecule has 2 aliphatic rings. The van der Waals surface area contributed by atoms with Crippen LogP contribution in [-0.4, -0.2) is 38.0 Å². The van der Waals surface area contributed by atoms with Gasteiger partial charge in [0.15, 0.2) is 0 Å². The van der Waals surface area contributed by atoms with Gasteiger partial charge in [0.05, 0.1) is 14.2 Å². The monoisotopic (exact) mass is 319 g/mol. The van der Waals surface area contributed by atoms with Crippen molar-refractivity contribution in [1.29, 1.82) is 0 Å². The van der Waals surface area contributed by atoms with E-state index in [4.69, 9.17) is 15.2 Å². The Morgan fingerprint density at radius 3 is 2.83 bits per heavy atom. The SMILES string of the molecule is COC(=O)Nc1ccc(OC)c2c1CCC1(C2)N=C(N)OC1C. The number of nitrogens with zero attached hydrogens (tertiary/aromatic N) is 1. The lowest BCUT2D eigenvalue weighted by molar-refractivity contribution is 0.140. The maximum absolute atomic E-state index is 11.5. The third-order valence-electron chi connectivity index (χ3n) is 4.71. The zero-order valence-electron chi connectivity index (χ0n) is 13.5. The Labute approximate surface area is 134 Å². The van der Waals surface area contributed by atoms with Crippen LogP contribution in [0, 0.1) is 0 Å². The number of methoxy groups -OCH3 is 2. The number of nitrogens with two attached hydrogens (primary N) is 1. The zero-order valence-corrected chi connectivity index (χ0v) is 13.5. The molecule has 23 heavy (non-hydrogen) atoms. The van der Waals surface area contributed by atoms with E-state index >= 15 is 0 Å². The van der Waals surface area contributed by atoms with E-state index in [0.717, 1.165) is 35.4 Å². The highest BCUT2D eigenvalue weighted by Gasteiger charge is 2.46.